The first kappa shape index (κ1) is 12.0. The van der Waals surface area contributed by atoms with Crippen LogP contribution in [-0.2, 0) is 11.2 Å². The van der Waals surface area contributed by atoms with Crippen molar-refractivity contribution >= 4 is 5.82 Å². The first-order valence-corrected chi connectivity index (χ1v) is 5.30. The molecule has 0 bridgehead atoms. The number of hydrogen-bond acceptors (Lipinski definition) is 3. The van der Waals surface area contributed by atoms with E-state index in [0.29, 0.717) is 5.82 Å². The Morgan fingerprint density at radius 1 is 1.47 bits per heavy atom. The number of rotatable bonds is 5. The van der Waals surface area contributed by atoms with E-state index in [0.717, 1.165) is 24.8 Å². The number of hydrogen-bond donors (Lipinski definition) is 1. The van der Waals surface area contributed by atoms with Crippen LogP contribution in [0.25, 0.3) is 0 Å². The molecule has 15 heavy (non-hydrogen) atoms. The highest BCUT2D eigenvalue weighted by atomic mass is 16.5. The molecule has 2 N–H and O–H groups in total. The van der Waals surface area contributed by atoms with Crippen LogP contribution in [0.3, 0.4) is 0 Å². The minimum Gasteiger partial charge on any atom is -0.383 e. The Morgan fingerprint density at radius 3 is 2.80 bits per heavy atom. The van der Waals surface area contributed by atoms with Crippen molar-refractivity contribution in [1.82, 2.24) is 4.98 Å². The Hall–Kier alpha value is -1.09. The minimum absolute atomic E-state index is 0.0447. The number of anilines is 1. The molecule has 0 saturated heterocycles. The highest BCUT2D eigenvalue weighted by molar-refractivity contribution is 5.38. The van der Waals surface area contributed by atoms with E-state index < -0.39 is 0 Å². The fourth-order valence-electron chi connectivity index (χ4n) is 1.47. The quantitative estimate of drug-likeness (QED) is 0.808. The molecule has 0 spiro atoms. The Morgan fingerprint density at radius 2 is 2.20 bits per heavy atom. The van der Waals surface area contributed by atoms with Gasteiger partial charge in [-0.3, -0.25) is 0 Å². The van der Waals surface area contributed by atoms with Crippen LogP contribution >= 0.6 is 0 Å². The van der Waals surface area contributed by atoms with Crippen molar-refractivity contribution in [3.8, 4) is 0 Å². The number of nitrogens with two attached hydrogens (primary N) is 1. The molecule has 0 saturated carbocycles. The van der Waals surface area contributed by atoms with Crippen molar-refractivity contribution in [3.63, 3.8) is 0 Å². The summed E-state index contributed by atoms with van der Waals surface area (Å²) in [4.78, 5) is 4.06. The Labute approximate surface area is 91.7 Å². The largest absolute Gasteiger partial charge is 0.383 e. The van der Waals surface area contributed by atoms with Crippen LogP contribution < -0.4 is 5.73 Å². The van der Waals surface area contributed by atoms with Crippen LogP contribution in [0.5, 0.6) is 0 Å². The maximum atomic E-state index is 5.76. The maximum absolute atomic E-state index is 5.76. The van der Waals surface area contributed by atoms with Gasteiger partial charge >= 0.3 is 0 Å². The lowest BCUT2D eigenvalue weighted by atomic mass is 9.99. The van der Waals surface area contributed by atoms with Crippen molar-refractivity contribution in [2.24, 2.45) is 0 Å². The van der Waals surface area contributed by atoms with E-state index in [9.17, 15) is 0 Å². The number of ether oxygens (including phenoxy) is 1. The Bertz CT molecular complexity index is 310. The van der Waals surface area contributed by atoms with Gasteiger partial charge < -0.3 is 10.5 Å². The fourth-order valence-corrected chi connectivity index (χ4v) is 1.47. The van der Waals surface area contributed by atoms with Crippen molar-refractivity contribution in [3.05, 3.63) is 23.9 Å². The van der Waals surface area contributed by atoms with E-state index in [2.05, 4.69) is 18.8 Å². The zero-order valence-electron chi connectivity index (χ0n) is 9.79. The summed E-state index contributed by atoms with van der Waals surface area (Å²) in [6.07, 6.45) is 4.78. The average Bonchev–Trinajstić information content (AvgIpc) is 2.21. The molecule has 0 radical (unpaired) electrons. The normalized spacial score (nSPS) is 11.7. The van der Waals surface area contributed by atoms with E-state index >= 15 is 0 Å². The molecule has 0 aromatic carbocycles. The van der Waals surface area contributed by atoms with Gasteiger partial charge in [-0.1, -0.05) is 6.07 Å². The molecule has 0 amide bonds. The molecule has 0 fully saturated rings. The third kappa shape index (κ3) is 3.88. The molecule has 84 valence electrons. The predicted octanol–water partition coefficient (Wildman–Crippen LogP) is 2.41. The van der Waals surface area contributed by atoms with Gasteiger partial charge in [0.25, 0.3) is 0 Å². The van der Waals surface area contributed by atoms with Crippen LogP contribution in [0.2, 0.25) is 0 Å². The summed E-state index contributed by atoms with van der Waals surface area (Å²) in [6.45, 7) is 4.19. The van der Waals surface area contributed by atoms with E-state index in [1.165, 1.54) is 0 Å². The molecule has 0 aliphatic carbocycles. The van der Waals surface area contributed by atoms with Gasteiger partial charge in [0, 0.05) is 13.3 Å². The van der Waals surface area contributed by atoms with Gasteiger partial charge in [-0.15, -0.1) is 0 Å². The maximum Gasteiger partial charge on any atom is 0.126 e. The molecule has 0 unspecified atom stereocenters. The first-order valence-electron chi connectivity index (χ1n) is 5.30. The molecular formula is C12H20N2O. The molecule has 1 heterocycles. The van der Waals surface area contributed by atoms with E-state index in [1.807, 2.05) is 12.1 Å². The topological polar surface area (TPSA) is 48.1 Å². The summed E-state index contributed by atoms with van der Waals surface area (Å²) in [5.41, 5.74) is 6.84. The number of methoxy groups -OCH3 is 1. The number of nitrogens with zero attached hydrogens (tertiary/aromatic N) is 1. The van der Waals surface area contributed by atoms with Crippen LogP contribution in [-0.4, -0.2) is 17.7 Å². The van der Waals surface area contributed by atoms with Gasteiger partial charge in [0.15, 0.2) is 0 Å². The summed E-state index contributed by atoms with van der Waals surface area (Å²) < 4.78 is 5.36. The lowest BCUT2D eigenvalue weighted by molar-refractivity contribution is 0.0140. The summed E-state index contributed by atoms with van der Waals surface area (Å²) in [5, 5.41) is 0. The number of aryl methyl sites for hydroxylation is 1. The number of aromatic nitrogens is 1. The van der Waals surface area contributed by atoms with Crippen molar-refractivity contribution < 1.29 is 4.74 Å². The van der Waals surface area contributed by atoms with Gasteiger partial charge in [-0.25, -0.2) is 4.98 Å². The van der Waals surface area contributed by atoms with Crippen LogP contribution in [0.1, 0.15) is 32.3 Å². The summed E-state index contributed by atoms with van der Waals surface area (Å²) in [7, 11) is 1.75. The molecule has 1 aromatic rings. The van der Waals surface area contributed by atoms with Crippen molar-refractivity contribution in [2.75, 3.05) is 12.8 Å². The highest BCUT2D eigenvalue weighted by Crippen LogP contribution is 2.18. The number of nitrogen functional groups attached to an aromatic ring is 1. The highest BCUT2D eigenvalue weighted by Gasteiger charge is 2.15. The van der Waals surface area contributed by atoms with Gasteiger partial charge in [-0.05, 0) is 44.7 Å². The monoisotopic (exact) mass is 208 g/mol. The zero-order valence-corrected chi connectivity index (χ0v) is 9.79. The molecule has 3 heteroatoms. The van der Waals surface area contributed by atoms with Crippen molar-refractivity contribution in [1.29, 1.82) is 0 Å². The third-order valence-corrected chi connectivity index (χ3v) is 2.70. The molecule has 0 aliphatic rings. The molecule has 0 atom stereocenters. The molecule has 1 rings (SSSR count). The van der Waals surface area contributed by atoms with E-state index in [-0.39, 0.29) is 5.60 Å². The predicted molar refractivity (Wildman–Crippen MR) is 62.7 cm³/mol. The van der Waals surface area contributed by atoms with Crippen LogP contribution in [0.4, 0.5) is 5.82 Å². The van der Waals surface area contributed by atoms with E-state index in [4.69, 9.17) is 10.5 Å². The molecule has 1 aromatic heterocycles. The standard InChI is InChI=1S/C12H20N2O/c1-12(2,15-3)8-4-6-10-7-5-9-14-11(10)13/h5,7,9H,4,6,8H2,1-3H3,(H2,13,14). The smallest absolute Gasteiger partial charge is 0.126 e. The SMILES string of the molecule is COC(C)(C)CCCc1cccnc1N. The van der Waals surface area contributed by atoms with Crippen molar-refractivity contribution in [2.45, 2.75) is 38.7 Å². The number of pyridine rings is 1. The molecule has 0 aliphatic heterocycles. The second-order valence-electron chi connectivity index (χ2n) is 4.37. The van der Waals surface area contributed by atoms with Crippen LogP contribution in [0.15, 0.2) is 18.3 Å². The third-order valence-electron chi connectivity index (χ3n) is 2.70. The van der Waals surface area contributed by atoms with Crippen LogP contribution in [0, 0.1) is 0 Å². The molecule has 3 nitrogen and oxygen atoms in total. The lowest BCUT2D eigenvalue weighted by Crippen LogP contribution is -2.22. The second kappa shape index (κ2) is 5.12. The Kier molecular flexibility index (Phi) is 4.09. The first-order chi connectivity index (χ1) is 7.05. The summed E-state index contributed by atoms with van der Waals surface area (Å²) >= 11 is 0. The summed E-state index contributed by atoms with van der Waals surface area (Å²) in [5.74, 6) is 0.646. The lowest BCUT2D eigenvalue weighted by Gasteiger charge is -2.22. The van der Waals surface area contributed by atoms with Gasteiger partial charge in [0.05, 0.1) is 5.60 Å². The van der Waals surface area contributed by atoms with Gasteiger partial charge in [-0.2, -0.15) is 0 Å². The summed E-state index contributed by atoms with van der Waals surface area (Å²) in [6, 6.07) is 3.95. The van der Waals surface area contributed by atoms with Gasteiger partial charge in [0.1, 0.15) is 5.82 Å². The zero-order chi connectivity index (χ0) is 11.3. The second-order valence-corrected chi connectivity index (χ2v) is 4.37. The molecular weight excluding hydrogens is 188 g/mol. The fraction of sp³-hybridized carbons (Fsp3) is 0.583. The Balaban J connectivity index is 2.42. The van der Waals surface area contributed by atoms with Gasteiger partial charge in [0.2, 0.25) is 0 Å². The minimum atomic E-state index is -0.0447. The van der Waals surface area contributed by atoms with E-state index in [1.54, 1.807) is 13.3 Å². The average molecular weight is 208 g/mol.